The molecule has 0 aromatic carbocycles. The maximum Gasteiger partial charge on any atom is 0.410 e. The van der Waals surface area contributed by atoms with Crippen molar-refractivity contribution < 1.29 is 24.2 Å². The second-order valence-corrected chi connectivity index (χ2v) is 5.77. The van der Waals surface area contributed by atoms with Crippen molar-refractivity contribution in [3.63, 3.8) is 0 Å². The topological polar surface area (TPSA) is 87.2 Å². The molecule has 1 atom stereocenters. The summed E-state index contributed by atoms with van der Waals surface area (Å²) >= 11 is 0. The van der Waals surface area contributed by atoms with Crippen LogP contribution < -0.4 is 0 Å². The molecule has 7 heteroatoms. The second-order valence-electron chi connectivity index (χ2n) is 5.77. The molecule has 0 spiro atoms. The number of amides is 2. The van der Waals surface area contributed by atoms with Crippen LogP contribution in [0.4, 0.5) is 4.79 Å². The highest BCUT2D eigenvalue weighted by molar-refractivity contribution is 5.81. The molecule has 20 heavy (non-hydrogen) atoms. The van der Waals surface area contributed by atoms with E-state index in [0.717, 1.165) is 4.90 Å². The Hall–Kier alpha value is -1.79. The van der Waals surface area contributed by atoms with Crippen LogP contribution in [0.2, 0.25) is 0 Å². The molecule has 0 aliphatic heterocycles. The van der Waals surface area contributed by atoms with Crippen molar-refractivity contribution in [2.24, 2.45) is 0 Å². The first kappa shape index (κ1) is 18.2. The Morgan fingerprint density at radius 3 is 2.00 bits per heavy atom. The van der Waals surface area contributed by atoms with Gasteiger partial charge in [-0.05, 0) is 27.2 Å². The van der Waals surface area contributed by atoms with Crippen molar-refractivity contribution in [3.8, 4) is 0 Å². The molecule has 0 aromatic heterocycles. The number of hydrogen-bond donors (Lipinski definition) is 1. The lowest BCUT2D eigenvalue weighted by molar-refractivity contribution is -0.143. The van der Waals surface area contributed by atoms with E-state index in [4.69, 9.17) is 9.84 Å². The smallest absolute Gasteiger partial charge is 0.410 e. The van der Waals surface area contributed by atoms with Gasteiger partial charge in [0.05, 0.1) is 0 Å². The summed E-state index contributed by atoms with van der Waals surface area (Å²) in [5.41, 5.74) is -0.701. The summed E-state index contributed by atoms with van der Waals surface area (Å²) in [6, 6.07) is -1.09. The van der Waals surface area contributed by atoms with Crippen molar-refractivity contribution >= 4 is 18.0 Å². The summed E-state index contributed by atoms with van der Waals surface area (Å²) in [5.74, 6) is -1.35. The van der Waals surface area contributed by atoms with E-state index in [1.54, 1.807) is 34.9 Å². The molecular formula is C13H24N2O5. The van der Waals surface area contributed by atoms with E-state index in [1.165, 1.54) is 11.9 Å². The van der Waals surface area contributed by atoms with E-state index in [2.05, 4.69) is 0 Å². The first-order chi connectivity index (χ1) is 8.95. The second kappa shape index (κ2) is 7.12. The van der Waals surface area contributed by atoms with E-state index in [-0.39, 0.29) is 18.7 Å². The Balaban J connectivity index is 4.71. The van der Waals surface area contributed by atoms with Gasteiger partial charge in [-0.1, -0.05) is 0 Å². The minimum absolute atomic E-state index is 0.0437. The number of hydrogen-bond acceptors (Lipinski definition) is 4. The molecule has 0 unspecified atom stereocenters. The quantitative estimate of drug-likeness (QED) is 0.820. The van der Waals surface area contributed by atoms with E-state index in [1.807, 2.05) is 0 Å². The molecule has 0 aliphatic rings. The summed E-state index contributed by atoms with van der Waals surface area (Å²) in [4.78, 5) is 36.9. The molecule has 0 radical (unpaired) electrons. The molecule has 0 saturated heterocycles. The van der Waals surface area contributed by atoms with E-state index >= 15 is 0 Å². The Kier molecular flexibility index (Phi) is 6.48. The third kappa shape index (κ3) is 6.40. The first-order valence-corrected chi connectivity index (χ1v) is 6.34. The Morgan fingerprint density at radius 2 is 1.65 bits per heavy atom. The van der Waals surface area contributed by atoms with Crippen LogP contribution in [0.5, 0.6) is 0 Å². The maximum absolute atomic E-state index is 11.8. The molecule has 2 amide bonds. The first-order valence-electron chi connectivity index (χ1n) is 6.34. The van der Waals surface area contributed by atoms with Crippen LogP contribution in [0, 0.1) is 0 Å². The van der Waals surface area contributed by atoms with Crippen molar-refractivity contribution in [1.82, 2.24) is 9.80 Å². The lowest BCUT2D eigenvalue weighted by atomic mass is 10.1. The van der Waals surface area contributed by atoms with Crippen LogP contribution in [0.1, 0.15) is 33.6 Å². The van der Waals surface area contributed by atoms with Gasteiger partial charge in [0.1, 0.15) is 11.6 Å². The van der Waals surface area contributed by atoms with Gasteiger partial charge >= 0.3 is 12.1 Å². The highest BCUT2D eigenvalue weighted by Gasteiger charge is 2.30. The standard InChI is InChI=1S/C13H24N2O5/c1-13(2,3)20-12(19)15(6)9(11(17)18)7-8-10(16)14(4)5/h9H,7-8H2,1-6H3,(H,17,18)/t9-/m0/s1. The summed E-state index contributed by atoms with van der Waals surface area (Å²) in [5, 5.41) is 9.17. The summed E-state index contributed by atoms with van der Waals surface area (Å²) in [6.45, 7) is 5.10. The van der Waals surface area contributed by atoms with Gasteiger partial charge in [-0.2, -0.15) is 0 Å². The lowest BCUT2D eigenvalue weighted by Crippen LogP contribution is -2.45. The van der Waals surface area contributed by atoms with Crippen molar-refractivity contribution in [3.05, 3.63) is 0 Å². The maximum atomic E-state index is 11.8. The van der Waals surface area contributed by atoms with Crippen molar-refractivity contribution in [2.45, 2.75) is 45.3 Å². The molecular weight excluding hydrogens is 264 g/mol. The molecule has 0 fully saturated rings. The van der Waals surface area contributed by atoms with Gasteiger partial charge < -0.3 is 14.7 Å². The summed E-state index contributed by atoms with van der Waals surface area (Å²) in [7, 11) is 4.54. The van der Waals surface area contributed by atoms with Crippen LogP contribution in [0.3, 0.4) is 0 Å². The average molecular weight is 288 g/mol. The number of carbonyl (C=O) groups is 3. The molecule has 0 saturated carbocycles. The Bertz CT molecular complexity index is 373. The normalized spacial score (nSPS) is 12.5. The van der Waals surface area contributed by atoms with Crippen LogP contribution in [-0.4, -0.2) is 65.7 Å². The van der Waals surface area contributed by atoms with Gasteiger partial charge in [-0.15, -0.1) is 0 Å². The summed E-state index contributed by atoms with van der Waals surface area (Å²) in [6.07, 6.45) is -0.624. The van der Waals surface area contributed by atoms with Gasteiger partial charge in [-0.3, -0.25) is 9.69 Å². The fourth-order valence-electron chi connectivity index (χ4n) is 1.43. The van der Waals surface area contributed by atoms with Crippen molar-refractivity contribution in [2.75, 3.05) is 21.1 Å². The van der Waals surface area contributed by atoms with Gasteiger partial charge in [0.15, 0.2) is 0 Å². The van der Waals surface area contributed by atoms with Gasteiger partial charge in [-0.25, -0.2) is 9.59 Å². The van der Waals surface area contributed by atoms with Gasteiger partial charge in [0, 0.05) is 27.6 Å². The highest BCUT2D eigenvalue weighted by Crippen LogP contribution is 2.13. The number of carbonyl (C=O) groups excluding carboxylic acids is 2. The SMILES string of the molecule is CN(C)C(=O)CC[C@@H](C(=O)O)N(C)C(=O)OC(C)(C)C. The molecule has 0 heterocycles. The van der Waals surface area contributed by atoms with Crippen LogP contribution in [0.25, 0.3) is 0 Å². The number of nitrogens with zero attached hydrogens (tertiary/aromatic N) is 2. The third-order valence-corrected chi connectivity index (χ3v) is 2.56. The molecule has 7 nitrogen and oxygen atoms in total. The van der Waals surface area contributed by atoms with Gasteiger partial charge in [0.2, 0.25) is 5.91 Å². The lowest BCUT2D eigenvalue weighted by Gasteiger charge is -2.28. The Morgan fingerprint density at radius 1 is 1.15 bits per heavy atom. The molecule has 0 rings (SSSR count). The number of carboxylic acids is 1. The predicted octanol–water partition coefficient (Wildman–Crippen LogP) is 1.17. The monoisotopic (exact) mass is 288 g/mol. The van der Waals surface area contributed by atoms with Gasteiger partial charge in [0.25, 0.3) is 0 Å². The highest BCUT2D eigenvalue weighted by atomic mass is 16.6. The number of likely N-dealkylation sites (N-methyl/N-ethyl adjacent to an activating group) is 1. The zero-order valence-corrected chi connectivity index (χ0v) is 13.0. The Labute approximate surface area is 119 Å². The number of rotatable bonds is 5. The fourth-order valence-corrected chi connectivity index (χ4v) is 1.43. The third-order valence-electron chi connectivity index (χ3n) is 2.56. The molecule has 1 N–H and O–H groups in total. The zero-order chi connectivity index (χ0) is 16.1. The molecule has 116 valence electrons. The molecule has 0 aliphatic carbocycles. The van der Waals surface area contributed by atoms with Crippen LogP contribution in [-0.2, 0) is 14.3 Å². The number of carboxylic acid groups (broad SMARTS) is 1. The predicted molar refractivity (Wildman–Crippen MR) is 73.3 cm³/mol. The van der Waals surface area contributed by atoms with Crippen LogP contribution in [0.15, 0.2) is 0 Å². The van der Waals surface area contributed by atoms with E-state index in [9.17, 15) is 14.4 Å². The summed E-state index contributed by atoms with van der Waals surface area (Å²) < 4.78 is 5.11. The molecule has 0 bridgehead atoms. The zero-order valence-electron chi connectivity index (χ0n) is 13.0. The van der Waals surface area contributed by atoms with Crippen molar-refractivity contribution in [1.29, 1.82) is 0 Å². The number of aliphatic carboxylic acids is 1. The minimum Gasteiger partial charge on any atom is -0.480 e. The van der Waals surface area contributed by atoms with E-state index < -0.39 is 23.7 Å². The average Bonchev–Trinajstić information content (AvgIpc) is 2.25. The van der Waals surface area contributed by atoms with E-state index in [0.29, 0.717) is 0 Å². The number of ether oxygens (including phenoxy) is 1. The minimum atomic E-state index is -1.16. The largest absolute Gasteiger partial charge is 0.480 e. The van der Waals surface area contributed by atoms with Crippen LogP contribution >= 0.6 is 0 Å². The fraction of sp³-hybridized carbons (Fsp3) is 0.769. The molecule has 0 aromatic rings.